The maximum Gasteiger partial charge on any atom is 0.445 e. The SMILES string of the molecule is O=C1NC(=O)C(C[C@H]2CN(S(=O)(=O)C(=O)OCc3ccccc3)c3ccccc3O2)S1. The summed E-state index contributed by atoms with van der Waals surface area (Å²) in [7, 11) is -4.52. The van der Waals surface area contributed by atoms with Gasteiger partial charge in [0, 0.05) is 6.42 Å². The van der Waals surface area contributed by atoms with E-state index >= 15 is 0 Å². The zero-order chi connectivity index (χ0) is 22.0. The van der Waals surface area contributed by atoms with E-state index in [-0.39, 0.29) is 31.0 Å². The molecule has 2 atom stereocenters. The van der Waals surface area contributed by atoms with Gasteiger partial charge in [-0.1, -0.05) is 54.2 Å². The van der Waals surface area contributed by atoms with Gasteiger partial charge in [-0.05, 0) is 17.7 Å². The fourth-order valence-corrected chi connectivity index (χ4v) is 5.34. The Morgan fingerprint density at radius 2 is 1.84 bits per heavy atom. The second-order valence-electron chi connectivity index (χ2n) is 6.89. The average Bonchev–Trinajstić information content (AvgIpc) is 3.08. The summed E-state index contributed by atoms with van der Waals surface area (Å²) in [5.41, 5.74) is 0.857. The highest BCUT2D eigenvalue weighted by molar-refractivity contribution is 8.15. The topological polar surface area (TPSA) is 119 Å². The lowest BCUT2D eigenvalue weighted by atomic mass is 10.1. The highest BCUT2D eigenvalue weighted by Gasteiger charge is 2.41. The number of nitrogens with zero attached hydrogens (tertiary/aromatic N) is 1. The van der Waals surface area contributed by atoms with Gasteiger partial charge in [-0.2, -0.15) is 8.42 Å². The Morgan fingerprint density at radius 3 is 2.55 bits per heavy atom. The van der Waals surface area contributed by atoms with E-state index in [2.05, 4.69) is 5.32 Å². The monoisotopic (exact) mass is 462 g/mol. The molecule has 9 nitrogen and oxygen atoms in total. The van der Waals surface area contributed by atoms with Gasteiger partial charge in [-0.15, -0.1) is 0 Å². The molecule has 2 heterocycles. The fraction of sp³-hybridized carbons (Fsp3) is 0.250. The van der Waals surface area contributed by atoms with Crippen LogP contribution in [-0.2, 0) is 26.2 Å². The number of amides is 2. The number of rotatable bonds is 5. The zero-order valence-corrected chi connectivity index (χ0v) is 17.7. The summed E-state index contributed by atoms with van der Waals surface area (Å²) in [4.78, 5) is 35.8. The minimum absolute atomic E-state index is 0.0989. The van der Waals surface area contributed by atoms with Crippen LogP contribution in [0, 0.1) is 0 Å². The summed E-state index contributed by atoms with van der Waals surface area (Å²) < 4.78 is 37.9. The fourth-order valence-electron chi connectivity index (χ4n) is 3.28. The number of sulfonamides is 1. The summed E-state index contributed by atoms with van der Waals surface area (Å²) in [5.74, 6) is -0.193. The van der Waals surface area contributed by atoms with Gasteiger partial charge >= 0.3 is 15.3 Å². The van der Waals surface area contributed by atoms with Crippen LogP contribution < -0.4 is 14.4 Å². The molecule has 0 spiro atoms. The highest BCUT2D eigenvalue weighted by Crippen LogP contribution is 2.37. The third kappa shape index (κ3) is 4.52. The van der Waals surface area contributed by atoms with Crippen molar-refractivity contribution in [3.8, 4) is 5.75 Å². The number of carbonyl (C=O) groups excluding carboxylic acids is 3. The van der Waals surface area contributed by atoms with Gasteiger partial charge in [0.15, 0.2) is 0 Å². The number of hydrogen-bond acceptors (Lipinski definition) is 8. The van der Waals surface area contributed by atoms with E-state index in [0.29, 0.717) is 5.56 Å². The minimum Gasteiger partial charge on any atom is -0.486 e. The molecule has 2 aromatic rings. The molecule has 0 aliphatic carbocycles. The predicted octanol–water partition coefficient (Wildman–Crippen LogP) is 2.66. The summed E-state index contributed by atoms with van der Waals surface area (Å²) in [6.07, 6.45) is -0.637. The molecule has 11 heteroatoms. The smallest absolute Gasteiger partial charge is 0.445 e. The molecule has 2 aliphatic rings. The Labute approximate surface area is 182 Å². The Hall–Kier alpha value is -3.05. The van der Waals surface area contributed by atoms with E-state index in [1.807, 2.05) is 0 Å². The number of fused-ring (bicyclic) bond motifs is 1. The van der Waals surface area contributed by atoms with Crippen molar-refractivity contribution in [2.75, 3.05) is 10.8 Å². The van der Waals surface area contributed by atoms with Crippen molar-refractivity contribution >= 4 is 43.9 Å². The number of hydrogen-bond donors (Lipinski definition) is 1. The molecule has 1 unspecified atom stereocenters. The van der Waals surface area contributed by atoms with Crippen LogP contribution in [0.2, 0.25) is 0 Å². The molecule has 2 aromatic carbocycles. The molecule has 1 fully saturated rings. The van der Waals surface area contributed by atoms with Crippen molar-refractivity contribution < 1.29 is 32.3 Å². The van der Waals surface area contributed by atoms with Crippen molar-refractivity contribution in [2.45, 2.75) is 24.4 Å². The highest BCUT2D eigenvalue weighted by atomic mass is 32.2. The first-order chi connectivity index (χ1) is 14.8. The lowest BCUT2D eigenvalue weighted by molar-refractivity contribution is -0.119. The molecule has 2 amide bonds. The van der Waals surface area contributed by atoms with Crippen LogP contribution >= 0.6 is 11.8 Å². The number of imide groups is 1. The number of nitrogens with one attached hydrogen (secondary N) is 1. The maximum atomic E-state index is 13.0. The standard InChI is InChI=1S/C20H18N2O7S2/c23-18-17(30-19(24)21-18)10-14-11-22(15-8-4-5-9-16(15)29-14)31(26,27)20(25)28-12-13-6-2-1-3-7-13/h1-9,14,17H,10-12H2,(H,21,23,24)/t14-,17?/m0/s1. The lowest BCUT2D eigenvalue weighted by Gasteiger charge is -2.35. The van der Waals surface area contributed by atoms with Crippen LogP contribution in [-0.4, -0.2) is 42.8 Å². The first kappa shape index (κ1) is 21.2. The van der Waals surface area contributed by atoms with Crippen LogP contribution in [0.1, 0.15) is 12.0 Å². The molecule has 0 aromatic heterocycles. The van der Waals surface area contributed by atoms with E-state index in [1.54, 1.807) is 48.5 Å². The number of carbonyl (C=O) groups is 3. The van der Waals surface area contributed by atoms with Gasteiger partial charge < -0.3 is 9.47 Å². The number of para-hydroxylation sites is 2. The van der Waals surface area contributed by atoms with E-state index in [9.17, 15) is 22.8 Å². The third-order valence-corrected chi connectivity index (χ3v) is 7.21. The third-order valence-electron chi connectivity index (χ3n) is 4.74. The Bertz CT molecular complexity index is 1120. The largest absolute Gasteiger partial charge is 0.486 e. The first-order valence-corrected chi connectivity index (χ1v) is 11.7. The minimum atomic E-state index is -4.52. The summed E-state index contributed by atoms with van der Waals surface area (Å²) in [6, 6.07) is 15.1. The van der Waals surface area contributed by atoms with E-state index in [4.69, 9.17) is 9.47 Å². The summed E-state index contributed by atoms with van der Waals surface area (Å²) >= 11 is 0.830. The molecular formula is C20H18N2O7S2. The van der Waals surface area contributed by atoms with Crippen LogP contribution in [0.25, 0.3) is 0 Å². The Kier molecular flexibility index (Phi) is 5.88. The molecular weight excluding hydrogens is 444 g/mol. The molecule has 162 valence electrons. The average molecular weight is 463 g/mol. The van der Waals surface area contributed by atoms with E-state index < -0.39 is 37.8 Å². The van der Waals surface area contributed by atoms with Crippen molar-refractivity contribution in [2.24, 2.45) is 0 Å². The van der Waals surface area contributed by atoms with Gasteiger partial charge in [0.25, 0.3) is 5.24 Å². The normalized spacial score (nSPS) is 20.6. The number of ether oxygens (including phenoxy) is 2. The van der Waals surface area contributed by atoms with E-state index in [1.165, 1.54) is 6.07 Å². The maximum absolute atomic E-state index is 13.0. The van der Waals surface area contributed by atoms with Crippen molar-refractivity contribution in [3.05, 3.63) is 60.2 Å². The van der Waals surface area contributed by atoms with Gasteiger partial charge in [0.05, 0.1) is 17.5 Å². The molecule has 0 radical (unpaired) electrons. The van der Waals surface area contributed by atoms with Gasteiger partial charge in [0.2, 0.25) is 5.91 Å². The van der Waals surface area contributed by atoms with Gasteiger partial charge in [0.1, 0.15) is 18.5 Å². The molecule has 1 saturated heterocycles. The number of anilines is 1. The van der Waals surface area contributed by atoms with Crippen LogP contribution in [0.4, 0.5) is 15.3 Å². The Balaban J connectivity index is 1.54. The Morgan fingerprint density at radius 1 is 1.13 bits per heavy atom. The summed E-state index contributed by atoms with van der Waals surface area (Å²) in [5, 5.41) is -0.344. The van der Waals surface area contributed by atoms with Gasteiger partial charge in [-0.25, -0.2) is 4.79 Å². The zero-order valence-electron chi connectivity index (χ0n) is 16.1. The summed E-state index contributed by atoms with van der Waals surface area (Å²) in [6.45, 7) is -0.381. The first-order valence-electron chi connectivity index (χ1n) is 9.35. The lowest BCUT2D eigenvalue weighted by Crippen LogP contribution is -2.47. The van der Waals surface area contributed by atoms with Crippen molar-refractivity contribution in [1.82, 2.24) is 5.32 Å². The molecule has 1 N–H and O–H groups in total. The second-order valence-corrected chi connectivity index (χ2v) is 9.79. The van der Waals surface area contributed by atoms with Crippen LogP contribution in [0.15, 0.2) is 54.6 Å². The van der Waals surface area contributed by atoms with E-state index in [0.717, 1.165) is 16.1 Å². The molecule has 31 heavy (non-hydrogen) atoms. The van der Waals surface area contributed by atoms with Gasteiger partial charge in [-0.3, -0.25) is 19.2 Å². The molecule has 2 aliphatic heterocycles. The molecule has 0 saturated carbocycles. The second kappa shape index (κ2) is 8.60. The van der Waals surface area contributed by atoms with Crippen molar-refractivity contribution in [3.63, 3.8) is 0 Å². The number of thioether (sulfide) groups is 1. The quantitative estimate of drug-likeness (QED) is 0.674. The van der Waals surface area contributed by atoms with Crippen LogP contribution in [0.5, 0.6) is 5.75 Å². The molecule has 4 rings (SSSR count). The predicted molar refractivity (Wildman–Crippen MR) is 113 cm³/mol. The molecule has 0 bridgehead atoms. The number of benzene rings is 2. The van der Waals surface area contributed by atoms with Crippen LogP contribution in [0.3, 0.4) is 0 Å². The van der Waals surface area contributed by atoms with Crippen molar-refractivity contribution in [1.29, 1.82) is 0 Å².